The number of carboxylic acid groups (broad SMARTS) is 1. The highest BCUT2D eigenvalue weighted by Gasteiger charge is 2.06. The summed E-state index contributed by atoms with van der Waals surface area (Å²) in [6.07, 6.45) is -1.11. The molecule has 0 bridgehead atoms. The van der Waals surface area contributed by atoms with Gasteiger partial charge in [-0.15, -0.1) is 0 Å². The summed E-state index contributed by atoms with van der Waals surface area (Å²) < 4.78 is 0. The largest absolute Gasteiger partial charge is 0.508 e. The summed E-state index contributed by atoms with van der Waals surface area (Å²) in [7, 11) is 0. The molecule has 0 fully saturated rings. The Labute approximate surface area is 98.2 Å². The van der Waals surface area contributed by atoms with Gasteiger partial charge in [0.1, 0.15) is 5.75 Å². The van der Waals surface area contributed by atoms with E-state index in [0.29, 0.717) is 5.69 Å². The molecule has 0 aliphatic heterocycles. The summed E-state index contributed by atoms with van der Waals surface area (Å²) in [5.41, 5.74) is 1.98. The van der Waals surface area contributed by atoms with Gasteiger partial charge in [-0.1, -0.05) is 30.3 Å². The van der Waals surface area contributed by atoms with Gasteiger partial charge < -0.3 is 10.2 Å². The zero-order chi connectivity index (χ0) is 12.3. The first-order valence-corrected chi connectivity index (χ1v) is 5.05. The highest BCUT2D eigenvalue weighted by atomic mass is 16.4. The Balaban J connectivity index is 2.47. The van der Waals surface area contributed by atoms with Crippen molar-refractivity contribution in [3.8, 4) is 16.9 Å². The molecule has 0 spiro atoms. The summed E-state index contributed by atoms with van der Waals surface area (Å²) in [5, 5.41) is 20.5. The number of amides is 1. The van der Waals surface area contributed by atoms with Gasteiger partial charge in [-0.3, -0.25) is 5.32 Å². The second-order valence-corrected chi connectivity index (χ2v) is 3.53. The monoisotopic (exact) mass is 229 g/mol. The number of carbonyl (C=O) groups is 1. The van der Waals surface area contributed by atoms with Crippen molar-refractivity contribution in [2.24, 2.45) is 0 Å². The Kier molecular flexibility index (Phi) is 2.96. The van der Waals surface area contributed by atoms with E-state index in [1.165, 1.54) is 0 Å². The lowest BCUT2D eigenvalue weighted by molar-refractivity contribution is 0.210. The van der Waals surface area contributed by atoms with Gasteiger partial charge in [0.2, 0.25) is 0 Å². The molecule has 4 nitrogen and oxygen atoms in total. The zero-order valence-electron chi connectivity index (χ0n) is 8.92. The van der Waals surface area contributed by atoms with Crippen LogP contribution in [-0.4, -0.2) is 16.3 Å². The minimum atomic E-state index is -1.11. The average molecular weight is 229 g/mol. The van der Waals surface area contributed by atoms with Gasteiger partial charge in [0, 0.05) is 5.56 Å². The maximum Gasteiger partial charge on any atom is 0.409 e. The summed E-state index contributed by atoms with van der Waals surface area (Å²) in [5.74, 6) is 0.146. The Morgan fingerprint density at radius 1 is 1.06 bits per heavy atom. The van der Waals surface area contributed by atoms with Crippen molar-refractivity contribution in [2.45, 2.75) is 0 Å². The third-order valence-electron chi connectivity index (χ3n) is 2.33. The highest BCUT2D eigenvalue weighted by Crippen LogP contribution is 2.29. The third-order valence-corrected chi connectivity index (χ3v) is 2.33. The molecule has 0 heterocycles. The smallest absolute Gasteiger partial charge is 0.409 e. The number of phenolic OH excluding ortho intramolecular Hbond substituents is 1. The number of nitrogens with one attached hydrogen (secondary N) is 1. The molecule has 0 atom stereocenters. The second kappa shape index (κ2) is 4.57. The van der Waals surface area contributed by atoms with Gasteiger partial charge in [0.15, 0.2) is 0 Å². The predicted octanol–water partition coefficient (Wildman–Crippen LogP) is 3.15. The maximum atomic E-state index is 10.7. The van der Waals surface area contributed by atoms with E-state index in [0.717, 1.165) is 11.1 Å². The van der Waals surface area contributed by atoms with E-state index in [4.69, 9.17) is 5.11 Å². The fourth-order valence-electron chi connectivity index (χ4n) is 1.63. The minimum absolute atomic E-state index is 0.146. The fraction of sp³-hybridized carbons (Fsp3) is 0. The number of hydrogen-bond donors (Lipinski definition) is 3. The fourth-order valence-corrected chi connectivity index (χ4v) is 1.63. The van der Waals surface area contributed by atoms with Crippen LogP contribution in [0.3, 0.4) is 0 Å². The van der Waals surface area contributed by atoms with Gasteiger partial charge >= 0.3 is 6.09 Å². The number of hydrogen-bond acceptors (Lipinski definition) is 2. The van der Waals surface area contributed by atoms with Crippen molar-refractivity contribution >= 4 is 11.8 Å². The van der Waals surface area contributed by atoms with Crippen LogP contribution in [0.2, 0.25) is 0 Å². The normalized spacial score (nSPS) is 9.88. The molecule has 0 radical (unpaired) electrons. The average Bonchev–Trinajstić information content (AvgIpc) is 2.29. The van der Waals surface area contributed by atoms with Crippen LogP contribution in [0.5, 0.6) is 5.75 Å². The maximum absolute atomic E-state index is 10.7. The van der Waals surface area contributed by atoms with Crippen LogP contribution in [0.25, 0.3) is 11.1 Å². The van der Waals surface area contributed by atoms with Gasteiger partial charge in [-0.05, 0) is 23.8 Å². The molecular weight excluding hydrogens is 218 g/mol. The minimum Gasteiger partial charge on any atom is -0.508 e. The molecule has 86 valence electrons. The van der Waals surface area contributed by atoms with E-state index < -0.39 is 6.09 Å². The lowest BCUT2D eigenvalue weighted by Crippen LogP contribution is -2.08. The molecule has 2 aromatic carbocycles. The summed E-state index contributed by atoms with van der Waals surface area (Å²) in [6.45, 7) is 0. The lowest BCUT2D eigenvalue weighted by atomic mass is 10.0. The predicted molar refractivity (Wildman–Crippen MR) is 65.2 cm³/mol. The highest BCUT2D eigenvalue weighted by molar-refractivity contribution is 5.90. The van der Waals surface area contributed by atoms with Crippen molar-refractivity contribution in [3.63, 3.8) is 0 Å². The SMILES string of the molecule is O=C(O)Nc1ccccc1-c1cccc(O)c1. The van der Waals surface area contributed by atoms with E-state index in [2.05, 4.69) is 5.32 Å². The number of benzene rings is 2. The quantitative estimate of drug-likeness (QED) is 0.740. The van der Waals surface area contributed by atoms with Crippen molar-refractivity contribution in [3.05, 3.63) is 48.5 Å². The first-order chi connectivity index (χ1) is 8.16. The molecule has 0 aliphatic carbocycles. The number of phenols is 1. The van der Waals surface area contributed by atoms with E-state index >= 15 is 0 Å². The Hall–Kier alpha value is -2.49. The van der Waals surface area contributed by atoms with E-state index in [-0.39, 0.29) is 5.75 Å². The lowest BCUT2D eigenvalue weighted by Gasteiger charge is -2.09. The van der Waals surface area contributed by atoms with E-state index in [9.17, 15) is 9.90 Å². The molecule has 0 saturated carbocycles. The molecule has 2 aromatic rings. The van der Waals surface area contributed by atoms with Gasteiger partial charge in [-0.2, -0.15) is 0 Å². The van der Waals surface area contributed by atoms with E-state index in [1.54, 1.807) is 36.4 Å². The van der Waals surface area contributed by atoms with Crippen LogP contribution in [0.1, 0.15) is 0 Å². The Morgan fingerprint density at radius 2 is 1.82 bits per heavy atom. The Morgan fingerprint density at radius 3 is 2.53 bits per heavy atom. The number of para-hydroxylation sites is 1. The van der Waals surface area contributed by atoms with Crippen molar-refractivity contribution in [2.75, 3.05) is 5.32 Å². The molecule has 1 amide bonds. The van der Waals surface area contributed by atoms with Crippen LogP contribution < -0.4 is 5.32 Å². The topological polar surface area (TPSA) is 69.6 Å². The first-order valence-electron chi connectivity index (χ1n) is 5.05. The van der Waals surface area contributed by atoms with E-state index in [1.807, 2.05) is 12.1 Å². The van der Waals surface area contributed by atoms with Crippen LogP contribution in [0.4, 0.5) is 10.5 Å². The number of rotatable bonds is 2. The molecular formula is C13H11NO3. The molecule has 3 N–H and O–H groups in total. The van der Waals surface area contributed by atoms with Crippen LogP contribution in [0.15, 0.2) is 48.5 Å². The molecule has 2 rings (SSSR count). The molecule has 0 aromatic heterocycles. The zero-order valence-corrected chi connectivity index (χ0v) is 8.92. The second-order valence-electron chi connectivity index (χ2n) is 3.53. The van der Waals surface area contributed by atoms with Gasteiger partial charge in [-0.25, -0.2) is 4.79 Å². The van der Waals surface area contributed by atoms with Crippen LogP contribution in [0, 0.1) is 0 Å². The first kappa shape index (κ1) is 11.0. The van der Waals surface area contributed by atoms with Crippen molar-refractivity contribution < 1.29 is 15.0 Å². The molecule has 17 heavy (non-hydrogen) atoms. The standard InChI is InChI=1S/C13H11NO3/c15-10-5-3-4-9(8-10)11-6-1-2-7-12(11)14-13(16)17/h1-8,14-15H,(H,16,17). The molecule has 0 saturated heterocycles. The number of aromatic hydroxyl groups is 1. The molecule has 0 aliphatic rings. The molecule has 0 unspecified atom stereocenters. The van der Waals surface area contributed by atoms with Crippen molar-refractivity contribution in [1.29, 1.82) is 0 Å². The van der Waals surface area contributed by atoms with Crippen LogP contribution >= 0.6 is 0 Å². The van der Waals surface area contributed by atoms with Gasteiger partial charge in [0.25, 0.3) is 0 Å². The number of anilines is 1. The summed E-state index contributed by atoms with van der Waals surface area (Å²) in [4.78, 5) is 10.7. The molecule has 4 heteroatoms. The van der Waals surface area contributed by atoms with Crippen LogP contribution in [-0.2, 0) is 0 Å². The van der Waals surface area contributed by atoms with Gasteiger partial charge in [0.05, 0.1) is 5.69 Å². The Bertz CT molecular complexity index is 552. The summed E-state index contributed by atoms with van der Waals surface area (Å²) >= 11 is 0. The summed E-state index contributed by atoms with van der Waals surface area (Å²) in [6, 6.07) is 13.7. The third kappa shape index (κ3) is 2.55. The van der Waals surface area contributed by atoms with Crippen molar-refractivity contribution in [1.82, 2.24) is 0 Å².